The van der Waals surface area contributed by atoms with E-state index in [1.807, 2.05) is 11.9 Å². The molecule has 3 saturated carbocycles. The van der Waals surface area contributed by atoms with Crippen molar-refractivity contribution in [1.82, 2.24) is 14.7 Å². The highest BCUT2D eigenvalue weighted by atomic mass is 19.3. The molecule has 6 rings (SSSR count). The average molecular weight is 327 g/mol. The first kappa shape index (κ1) is 16.2. The van der Waals surface area contributed by atoms with Crippen molar-refractivity contribution in [2.75, 3.05) is 60.4 Å². The number of likely N-dealkylation sites (tertiary alicyclic amines) is 3. The van der Waals surface area contributed by atoms with E-state index in [2.05, 4.69) is 23.9 Å². The molecule has 6 aliphatic rings. The summed E-state index contributed by atoms with van der Waals surface area (Å²) in [6.45, 7) is 6.71. The summed E-state index contributed by atoms with van der Waals surface area (Å²) in [5.41, 5.74) is 0.870. The molecule has 3 heterocycles. The van der Waals surface area contributed by atoms with Gasteiger partial charge in [-0.1, -0.05) is 0 Å². The fourth-order valence-electron chi connectivity index (χ4n) is 4.93. The number of hydrogen-bond acceptors (Lipinski definition) is 3. The number of rotatable bonds is 0. The van der Waals surface area contributed by atoms with Crippen molar-refractivity contribution in [1.29, 1.82) is 0 Å². The highest BCUT2D eigenvalue weighted by Crippen LogP contribution is 2.58. The Kier molecular flexibility index (Phi) is 3.79. The second-order valence-electron chi connectivity index (χ2n) is 9.26. The molecule has 4 atom stereocenters. The lowest BCUT2D eigenvalue weighted by Crippen LogP contribution is -2.45. The van der Waals surface area contributed by atoms with Gasteiger partial charge in [0.15, 0.2) is 0 Å². The lowest BCUT2D eigenvalue weighted by atomic mass is 9.98. The Balaban J connectivity index is 0.0000000891. The van der Waals surface area contributed by atoms with Gasteiger partial charge in [0.05, 0.1) is 0 Å². The van der Waals surface area contributed by atoms with Gasteiger partial charge in [0.2, 0.25) is 0 Å². The van der Waals surface area contributed by atoms with E-state index in [1.165, 1.54) is 45.4 Å². The molecular formula is C18H31F2N3. The monoisotopic (exact) mass is 327 g/mol. The molecule has 5 heteroatoms. The molecule has 0 N–H and O–H groups in total. The molecule has 0 radical (unpaired) electrons. The standard InChI is InChI=1S/C6H9F2N.2C6H11N/c1-9-2-4-5(3-9)6(4,7)8;1-7-3-5-2-6(5)4-7;1-7-4-6(5-7)2-3-6/h4-5H,2-3H2,1H3;5-6H,2-4H2,1H3;2-5H2,1H3. The number of nitrogens with zero attached hydrogens (tertiary/aromatic N) is 3. The van der Waals surface area contributed by atoms with Crippen molar-refractivity contribution in [3.63, 3.8) is 0 Å². The fourth-order valence-corrected chi connectivity index (χ4v) is 4.93. The SMILES string of the molecule is CN1CC2(CC2)C1.CN1CC2C(C1)C2(F)F.CN1CC2CC2C1. The van der Waals surface area contributed by atoms with Gasteiger partial charge >= 0.3 is 0 Å². The maximum atomic E-state index is 12.4. The van der Waals surface area contributed by atoms with Gasteiger partial charge in [-0.25, -0.2) is 8.78 Å². The summed E-state index contributed by atoms with van der Waals surface area (Å²) >= 11 is 0. The zero-order valence-corrected chi connectivity index (χ0v) is 14.8. The minimum Gasteiger partial charge on any atom is -0.306 e. The molecule has 132 valence electrons. The van der Waals surface area contributed by atoms with Gasteiger partial charge in [-0.3, -0.25) is 0 Å². The summed E-state index contributed by atoms with van der Waals surface area (Å²) < 4.78 is 24.8. The second-order valence-corrected chi connectivity index (χ2v) is 9.26. The van der Waals surface area contributed by atoms with E-state index in [9.17, 15) is 8.78 Å². The molecule has 23 heavy (non-hydrogen) atoms. The number of hydrogen-bond donors (Lipinski definition) is 0. The Morgan fingerprint density at radius 3 is 1.48 bits per heavy atom. The molecule has 0 aromatic carbocycles. The van der Waals surface area contributed by atoms with Crippen molar-refractivity contribution < 1.29 is 8.78 Å². The summed E-state index contributed by atoms with van der Waals surface area (Å²) in [4.78, 5) is 6.79. The van der Waals surface area contributed by atoms with Crippen molar-refractivity contribution in [2.45, 2.75) is 25.2 Å². The Hall–Kier alpha value is -0.260. The smallest absolute Gasteiger partial charge is 0.257 e. The van der Waals surface area contributed by atoms with E-state index in [0.717, 1.165) is 17.3 Å². The van der Waals surface area contributed by atoms with E-state index in [1.54, 1.807) is 0 Å². The Morgan fingerprint density at radius 1 is 0.739 bits per heavy atom. The highest BCUT2D eigenvalue weighted by molar-refractivity contribution is 5.11. The molecule has 0 aromatic heterocycles. The van der Waals surface area contributed by atoms with Gasteiger partial charge in [-0.2, -0.15) is 0 Å². The van der Waals surface area contributed by atoms with Gasteiger partial charge in [0, 0.05) is 51.1 Å². The predicted octanol–water partition coefficient (Wildman–Crippen LogP) is 2.09. The molecule has 0 bridgehead atoms. The topological polar surface area (TPSA) is 9.72 Å². The molecule has 6 fully saturated rings. The molecule has 0 aromatic rings. The van der Waals surface area contributed by atoms with Gasteiger partial charge < -0.3 is 14.7 Å². The van der Waals surface area contributed by atoms with Crippen molar-refractivity contribution >= 4 is 0 Å². The summed E-state index contributed by atoms with van der Waals surface area (Å²) in [7, 11) is 6.30. The van der Waals surface area contributed by atoms with Gasteiger partial charge in [0.25, 0.3) is 5.92 Å². The van der Waals surface area contributed by atoms with Crippen LogP contribution in [0.1, 0.15) is 19.3 Å². The van der Waals surface area contributed by atoms with E-state index < -0.39 is 5.92 Å². The number of piperidine rings is 2. The molecular weight excluding hydrogens is 296 g/mol. The molecule has 3 nitrogen and oxygen atoms in total. The molecule has 3 saturated heterocycles. The van der Waals surface area contributed by atoms with Crippen LogP contribution in [0.3, 0.4) is 0 Å². The van der Waals surface area contributed by atoms with E-state index in [0.29, 0.717) is 13.1 Å². The quantitative estimate of drug-likeness (QED) is 0.675. The first-order valence-electron chi connectivity index (χ1n) is 9.22. The van der Waals surface area contributed by atoms with Crippen LogP contribution in [-0.4, -0.2) is 81.0 Å². The maximum absolute atomic E-state index is 12.4. The molecule has 4 unspecified atom stereocenters. The van der Waals surface area contributed by atoms with Crippen LogP contribution >= 0.6 is 0 Å². The van der Waals surface area contributed by atoms with Crippen LogP contribution in [-0.2, 0) is 0 Å². The van der Waals surface area contributed by atoms with Crippen molar-refractivity contribution in [2.24, 2.45) is 29.1 Å². The maximum Gasteiger partial charge on any atom is 0.257 e. The van der Waals surface area contributed by atoms with Crippen molar-refractivity contribution in [3.8, 4) is 0 Å². The summed E-state index contributed by atoms with van der Waals surface area (Å²) in [6, 6.07) is 0. The van der Waals surface area contributed by atoms with Crippen LogP contribution in [0, 0.1) is 29.1 Å². The van der Waals surface area contributed by atoms with E-state index in [4.69, 9.17) is 0 Å². The van der Waals surface area contributed by atoms with E-state index >= 15 is 0 Å². The summed E-state index contributed by atoms with van der Waals surface area (Å²) in [5.74, 6) is -0.674. The first-order valence-corrected chi connectivity index (χ1v) is 9.22. The van der Waals surface area contributed by atoms with Crippen LogP contribution in [0.15, 0.2) is 0 Å². The normalized spacial score (nSPS) is 44.2. The highest BCUT2D eigenvalue weighted by Gasteiger charge is 2.70. The number of alkyl halides is 2. The van der Waals surface area contributed by atoms with Gasteiger partial charge in [-0.15, -0.1) is 0 Å². The van der Waals surface area contributed by atoms with Gasteiger partial charge in [0.1, 0.15) is 0 Å². The predicted molar refractivity (Wildman–Crippen MR) is 87.7 cm³/mol. The Bertz CT molecular complexity index is 433. The van der Waals surface area contributed by atoms with Gasteiger partial charge in [-0.05, 0) is 57.7 Å². The third-order valence-corrected chi connectivity index (χ3v) is 6.71. The molecule has 0 amide bonds. The van der Waals surface area contributed by atoms with Crippen LogP contribution in [0.5, 0.6) is 0 Å². The number of halogens is 2. The number of fused-ring (bicyclic) bond motifs is 2. The third kappa shape index (κ3) is 3.29. The lowest BCUT2D eigenvalue weighted by molar-refractivity contribution is 0.0583. The van der Waals surface area contributed by atoms with Crippen molar-refractivity contribution in [3.05, 3.63) is 0 Å². The molecule has 1 spiro atoms. The minimum atomic E-state index is -2.30. The van der Waals surface area contributed by atoms with E-state index in [-0.39, 0.29) is 11.8 Å². The zero-order chi connectivity index (χ0) is 16.4. The summed E-state index contributed by atoms with van der Waals surface area (Å²) in [6.07, 6.45) is 4.55. The third-order valence-electron chi connectivity index (χ3n) is 6.71. The zero-order valence-electron chi connectivity index (χ0n) is 14.8. The van der Waals surface area contributed by atoms with Crippen LogP contribution < -0.4 is 0 Å². The van der Waals surface area contributed by atoms with Crippen LogP contribution in [0.25, 0.3) is 0 Å². The molecule has 3 aliphatic carbocycles. The summed E-state index contributed by atoms with van der Waals surface area (Å²) in [5, 5.41) is 0. The Morgan fingerprint density at radius 2 is 1.22 bits per heavy atom. The second kappa shape index (κ2) is 5.37. The first-order chi connectivity index (χ1) is 10.8. The fraction of sp³-hybridized carbons (Fsp3) is 1.00. The lowest BCUT2D eigenvalue weighted by Gasteiger charge is -2.36. The van der Waals surface area contributed by atoms with Crippen LogP contribution in [0.4, 0.5) is 8.78 Å². The average Bonchev–Trinajstić information content (AvgIpc) is 3.35. The molecule has 3 aliphatic heterocycles. The largest absolute Gasteiger partial charge is 0.306 e. The Labute approximate surface area is 139 Å². The van der Waals surface area contributed by atoms with Crippen LogP contribution in [0.2, 0.25) is 0 Å². The minimum absolute atomic E-state index is 0.303.